The lowest BCUT2D eigenvalue weighted by Crippen LogP contribution is -2.21. The van der Waals surface area contributed by atoms with Crippen molar-refractivity contribution >= 4 is 5.97 Å². The first-order valence-corrected chi connectivity index (χ1v) is 5.73. The van der Waals surface area contributed by atoms with Gasteiger partial charge in [-0.1, -0.05) is 19.1 Å². The van der Waals surface area contributed by atoms with Crippen LogP contribution in [-0.2, 0) is 4.79 Å². The van der Waals surface area contributed by atoms with Gasteiger partial charge < -0.3 is 14.9 Å². The Morgan fingerprint density at radius 1 is 1.29 bits per heavy atom. The number of aliphatic hydroxyl groups excluding tert-OH is 1. The fourth-order valence-electron chi connectivity index (χ4n) is 1.69. The Morgan fingerprint density at radius 2 is 1.88 bits per heavy atom. The summed E-state index contributed by atoms with van der Waals surface area (Å²) >= 11 is 0. The molecule has 0 spiro atoms. The Kier molecular flexibility index (Phi) is 4.97. The molecule has 17 heavy (non-hydrogen) atoms. The number of carboxylic acid groups (broad SMARTS) is 1. The standard InChI is InChI=1S/C13H18O4/c1-3-11(13(15)16)12(14)9-5-7-10(8-6-9)17-4-2/h5-8,11-12,14H,3-4H2,1-2H3,(H,15,16). The third kappa shape index (κ3) is 3.46. The zero-order chi connectivity index (χ0) is 12.8. The van der Waals surface area contributed by atoms with Crippen molar-refractivity contribution in [3.8, 4) is 5.75 Å². The Balaban J connectivity index is 2.81. The lowest BCUT2D eigenvalue weighted by molar-refractivity contribution is -0.146. The lowest BCUT2D eigenvalue weighted by atomic mass is 9.93. The fraction of sp³-hybridized carbons (Fsp3) is 0.462. The summed E-state index contributed by atoms with van der Waals surface area (Å²) in [5.41, 5.74) is 0.600. The number of benzene rings is 1. The van der Waals surface area contributed by atoms with Gasteiger partial charge in [0.2, 0.25) is 0 Å². The first-order valence-electron chi connectivity index (χ1n) is 5.73. The maximum absolute atomic E-state index is 10.9. The topological polar surface area (TPSA) is 66.8 Å². The molecule has 0 aliphatic heterocycles. The first kappa shape index (κ1) is 13.5. The van der Waals surface area contributed by atoms with Crippen LogP contribution in [0.4, 0.5) is 0 Å². The summed E-state index contributed by atoms with van der Waals surface area (Å²) < 4.78 is 5.28. The Bertz CT molecular complexity index is 358. The van der Waals surface area contributed by atoms with Gasteiger partial charge in [-0.15, -0.1) is 0 Å². The molecule has 0 aliphatic carbocycles. The van der Waals surface area contributed by atoms with Gasteiger partial charge in [-0.25, -0.2) is 0 Å². The van der Waals surface area contributed by atoms with Crippen molar-refractivity contribution in [3.05, 3.63) is 29.8 Å². The summed E-state index contributed by atoms with van der Waals surface area (Å²) in [6.45, 7) is 4.21. The van der Waals surface area contributed by atoms with Gasteiger partial charge in [-0.3, -0.25) is 4.79 Å². The first-order chi connectivity index (χ1) is 8.10. The number of hydrogen-bond acceptors (Lipinski definition) is 3. The van der Waals surface area contributed by atoms with Gasteiger partial charge in [0.25, 0.3) is 0 Å². The molecule has 0 aromatic heterocycles. The van der Waals surface area contributed by atoms with Crippen molar-refractivity contribution in [3.63, 3.8) is 0 Å². The highest BCUT2D eigenvalue weighted by Crippen LogP contribution is 2.26. The van der Waals surface area contributed by atoms with Gasteiger partial charge in [0.15, 0.2) is 0 Å². The van der Waals surface area contributed by atoms with Crippen molar-refractivity contribution in [2.45, 2.75) is 26.4 Å². The molecule has 0 saturated heterocycles. The van der Waals surface area contributed by atoms with Crippen molar-refractivity contribution in [1.29, 1.82) is 0 Å². The quantitative estimate of drug-likeness (QED) is 0.797. The normalized spacial score (nSPS) is 14.1. The number of aliphatic hydroxyl groups is 1. The van der Waals surface area contributed by atoms with Crippen LogP contribution in [0.5, 0.6) is 5.75 Å². The third-order valence-electron chi connectivity index (χ3n) is 2.67. The minimum Gasteiger partial charge on any atom is -0.494 e. The molecule has 0 amide bonds. The van der Waals surface area contributed by atoms with Gasteiger partial charge in [0.05, 0.1) is 18.6 Å². The molecular formula is C13H18O4. The smallest absolute Gasteiger partial charge is 0.309 e. The zero-order valence-electron chi connectivity index (χ0n) is 10.1. The second kappa shape index (κ2) is 6.25. The van der Waals surface area contributed by atoms with Crippen molar-refractivity contribution in [2.75, 3.05) is 6.61 Å². The van der Waals surface area contributed by atoms with Crippen molar-refractivity contribution in [2.24, 2.45) is 5.92 Å². The molecule has 2 N–H and O–H groups in total. The van der Waals surface area contributed by atoms with E-state index in [1.807, 2.05) is 6.92 Å². The highest BCUT2D eigenvalue weighted by molar-refractivity contribution is 5.71. The Labute approximate surface area is 101 Å². The summed E-state index contributed by atoms with van der Waals surface area (Å²) in [5, 5.41) is 18.9. The molecule has 1 rings (SSSR count). The maximum atomic E-state index is 10.9. The second-order valence-electron chi connectivity index (χ2n) is 3.80. The van der Waals surface area contributed by atoms with E-state index < -0.39 is 18.0 Å². The van der Waals surface area contributed by atoms with E-state index >= 15 is 0 Å². The number of carbonyl (C=O) groups is 1. The number of aliphatic carboxylic acids is 1. The largest absolute Gasteiger partial charge is 0.494 e. The second-order valence-corrected chi connectivity index (χ2v) is 3.80. The molecule has 0 fully saturated rings. The van der Waals surface area contributed by atoms with Gasteiger partial charge in [-0.05, 0) is 31.0 Å². The van der Waals surface area contributed by atoms with Crippen LogP contribution in [0.1, 0.15) is 31.9 Å². The number of carboxylic acids is 1. The van der Waals surface area contributed by atoms with Crippen LogP contribution >= 0.6 is 0 Å². The van der Waals surface area contributed by atoms with E-state index in [0.717, 1.165) is 0 Å². The number of rotatable bonds is 6. The summed E-state index contributed by atoms with van der Waals surface area (Å²) in [5.74, 6) is -1.03. The van der Waals surface area contributed by atoms with E-state index in [2.05, 4.69) is 0 Å². The van der Waals surface area contributed by atoms with E-state index in [4.69, 9.17) is 9.84 Å². The molecule has 0 bridgehead atoms. The van der Waals surface area contributed by atoms with E-state index in [-0.39, 0.29) is 0 Å². The van der Waals surface area contributed by atoms with Gasteiger partial charge in [0, 0.05) is 0 Å². The highest BCUT2D eigenvalue weighted by Gasteiger charge is 2.25. The Hall–Kier alpha value is -1.55. The molecule has 1 aromatic carbocycles. The average Bonchev–Trinajstić information content (AvgIpc) is 2.30. The van der Waals surface area contributed by atoms with E-state index in [0.29, 0.717) is 24.3 Å². The van der Waals surface area contributed by atoms with Crippen molar-refractivity contribution in [1.82, 2.24) is 0 Å². The fourth-order valence-corrected chi connectivity index (χ4v) is 1.69. The van der Waals surface area contributed by atoms with Crippen LogP contribution in [-0.4, -0.2) is 22.8 Å². The van der Waals surface area contributed by atoms with Gasteiger partial charge in [0.1, 0.15) is 5.75 Å². The molecule has 1 aromatic rings. The maximum Gasteiger partial charge on any atom is 0.309 e. The minimum atomic E-state index is -0.979. The predicted octanol–water partition coefficient (Wildman–Crippen LogP) is 2.23. The summed E-state index contributed by atoms with van der Waals surface area (Å²) in [6, 6.07) is 6.86. The number of ether oxygens (including phenoxy) is 1. The average molecular weight is 238 g/mol. The number of hydrogen-bond donors (Lipinski definition) is 2. The third-order valence-corrected chi connectivity index (χ3v) is 2.67. The Morgan fingerprint density at radius 3 is 2.29 bits per heavy atom. The molecule has 0 heterocycles. The van der Waals surface area contributed by atoms with Crippen molar-refractivity contribution < 1.29 is 19.7 Å². The van der Waals surface area contributed by atoms with Gasteiger partial charge >= 0.3 is 5.97 Å². The molecule has 94 valence electrons. The predicted molar refractivity (Wildman–Crippen MR) is 64.0 cm³/mol. The SMILES string of the molecule is CCOc1ccc(C(O)C(CC)C(=O)O)cc1. The molecule has 0 aliphatic rings. The summed E-state index contributed by atoms with van der Waals surface area (Å²) in [7, 11) is 0. The van der Waals surface area contributed by atoms with Crippen LogP contribution in [0.15, 0.2) is 24.3 Å². The van der Waals surface area contributed by atoms with Gasteiger partial charge in [-0.2, -0.15) is 0 Å². The monoisotopic (exact) mass is 238 g/mol. The highest BCUT2D eigenvalue weighted by atomic mass is 16.5. The summed E-state index contributed by atoms with van der Waals surface area (Å²) in [4.78, 5) is 10.9. The molecule has 2 atom stereocenters. The molecule has 2 unspecified atom stereocenters. The van der Waals surface area contributed by atoms with E-state index in [9.17, 15) is 9.90 Å². The summed E-state index contributed by atoms with van der Waals surface area (Å²) in [6.07, 6.45) is -0.586. The van der Waals surface area contributed by atoms with Crippen LogP contribution in [0, 0.1) is 5.92 Å². The molecule has 0 saturated carbocycles. The molecule has 0 radical (unpaired) electrons. The molecular weight excluding hydrogens is 220 g/mol. The van der Waals surface area contributed by atoms with Crippen LogP contribution in [0.25, 0.3) is 0 Å². The molecule has 4 nitrogen and oxygen atoms in total. The van der Waals surface area contributed by atoms with E-state index in [1.54, 1.807) is 31.2 Å². The lowest BCUT2D eigenvalue weighted by Gasteiger charge is -2.18. The van der Waals surface area contributed by atoms with Crippen LogP contribution in [0.2, 0.25) is 0 Å². The zero-order valence-corrected chi connectivity index (χ0v) is 10.1. The minimum absolute atomic E-state index is 0.393. The molecule has 4 heteroatoms. The van der Waals surface area contributed by atoms with E-state index in [1.165, 1.54) is 0 Å². The van der Waals surface area contributed by atoms with Crippen LogP contribution < -0.4 is 4.74 Å². The van der Waals surface area contributed by atoms with Crippen LogP contribution in [0.3, 0.4) is 0 Å².